The molecule has 20 heavy (non-hydrogen) atoms. The van der Waals surface area contributed by atoms with Crippen molar-refractivity contribution in [3.05, 3.63) is 53.9 Å². The summed E-state index contributed by atoms with van der Waals surface area (Å²) < 4.78 is 11.3. The highest BCUT2D eigenvalue weighted by molar-refractivity contribution is 5.73. The van der Waals surface area contributed by atoms with Gasteiger partial charge in [-0.3, -0.25) is 0 Å². The predicted octanol–water partition coefficient (Wildman–Crippen LogP) is 3.55. The number of nitrogens with zero attached hydrogens (tertiary/aromatic N) is 1. The lowest BCUT2D eigenvalue weighted by Gasteiger charge is -2.03. The predicted molar refractivity (Wildman–Crippen MR) is 78.6 cm³/mol. The summed E-state index contributed by atoms with van der Waals surface area (Å²) in [7, 11) is 0. The molecule has 0 atom stereocenters. The monoisotopic (exact) mass is 268 g/mol. The molecule has 0 saturated heterocycles. The maximum Gasteiger partial charge on any atom is 0.233 e. The average Bonchev–Trinajstić information content (AvgIpc) is 2.87. The standard InChI is InChI=1S/C16H16N2O2/c1-2-11-6-7-15-14(8-11)18-16(20-15)10-19-13-5-3-4-12(17)9-13/h3-9H,2,10,17H2,1H3. The third-order valence-electron chi connectivity index (χ3n) is 3.12. The lowest BCUT2D eigenvalue weighted by molar-refractivity contribution is 0.267. The molecule has 3 rings (SSSR count). The maximum atomic E-state index is 5.70. The zero-order valence-electron chi connectivity index (χ0n) is 11.3. The number of benzene rings is 2. The van der Waals surface area contributed by atoms with E-state index in [2.05, 4.69) is 18.0 Å². The minimum Gasteiger partial charge on any atom is -0.484 e. The van der Waals surface area contributed by atoms with Crippen LogP contribution >= 0.6 is 0 Å². The van der Waals surface area contributed by atoms with Crippen LogP contribution in [0.15, 0.2) is 46.9 Å². The van der Waals surface area contributed by atoms with Gasteiger partial charge in [-0.2, -0.15) is 0 Å². The molecule has 0 unspecified atom stereocenters. The van der Waals surface area contributed by atoms with E-state index >= 15 is 0 Å². The number of anilines is 1. The molecule has 4 nitrogen and oxygen atoms in total. The molecule has 0 bridgehead atoms. The van der Waals surface area contributed by atoms with Crippen molar-refractivity contribution in [2.24, 2.45) is 0 Å². The second-order valence-corrected chi connectivity index (χ2v) is 4.62. The van der Waals surface area contributed by atoms with Crippen LogP contribution in [0.5, 0.6) is 5.75 Å². The van der Waals surface area contributed by atoms with Crippen molar-refractivity contribution in [1.29, 1.82) is 0 Å². The van der Waals surface area contributed by atoms with Gasteiger partial charge in [0.15, 0.2) is 12.2 Å². The van der Waals surface area contributed by atoms with Crippen LogP contribution in [0.2, 0.25) is 0 Å². The summed E-state index contributed by atoms with van der Waals surface area (Å²) in [5.74, 6) is 1.28. The Hall–Kier alpha value is -2.49. The Bertz CT molecular complexity index is 734. The molecule has 0 spiro atoms. The van der Waals surface area contributed by atoms with Gasteiger partial charge in [-0.1, -0.05) is 19.1 Å². The quantitative estimate of drug-likeness (QED) is 0.735. The fraction of sp³-hybridized carbons (Fsp3) is 0.188. The second-order valence-electron chi connectivity index (χ2n) is 4.62. The van der Waals surface area contributed by atoms with Gasteiger partial charge in [0.05, 0.1) is 0 Å². The van der Waals surface area contributed by atoms with Crippen LogP contribution in [0.3, 0.4) is 0 Å². The van der Waals surface area contributed by atoms with E-state index in [1.54, 1.807) is 6.07 Å². The Labute approximate surface area is 117 Å². The highest BCUT2D eigenvalue weighted by atomic mass is 16.5. The number of aromatic nitrogens is 1. The van der Waals surface area contributed by atoms with E-state index in [1.807, 2.05) is 30.3 Å². The second kappa shape index (κ2) is 5.25. The first-order chi connectivity index (χ1) is 9.74. The molecule has 102 valence electrons. The van der Waals surface area contributed by atoms with Crippen LogP contribution in [-0.2, 0) is 13.0 Å². The number of oxazole rings is 1. The van der Waals surface area contributed by atoms with Crippen molar-refractivity contribution in [3.63, 3.8) is 0 Å². The van der Waals surface area contributed by atoms with Crippen molar-refractivity contribution in [1.82, 2.24) is 4.98 Å². The topological polar surface area (TPSA) is 61.3 Å². The number of fused-ring (bicyclic) bond motifs is 1. The van der Waals surface area contributed by atoms with Crippen LogP contribution in [0, 0.1) is 0 Å². The third-order valence-corrected chi connectivity index (χ3v) is 3.12. The number of rotatable bonds is 4. The molecule has 0 fully saturated rings. The van der Waals surface area contributed by atoms with E-state index in [0.717, 1.165) is 17.5 Å². The Kier molecular flexibility index (Phi) is 3.29. The van der Waals surface area contributed by atoms with Crippen molar-refractivity contribution in [2.75, 3.05) is 5.73 Å². The third kappa shape index (κ3) is 2.59. The molecular formula is C16H16N2O2. The molecule has 3 aromatic rings. The molecule has 2 N–H and O–H groups in total. The molecule has 4 heteroatoms. The van der Waals surface area contributed by atoms with Gasteiger partial charge in [0, 0.05) is 11.8 Å². The fourth-order valence-electron chi connectivity index (χ4n) is 2.05. The van der Waals surface area contributed by atoms with Crippen LogP contribution in [0.4, 0.5) is 5.69 Å². The number of ether oxygens (including phenoxy) is 1. The summed E-state index contributed by atoms with van der Waals surface area (Å²) in [6, 6.07) is 13.3. The summed E-state index contributed by atoms with van der Waals surface area (Å²) in [5, 5.41) is 0. The van der Waals surface area contributed by atoms with E-state index in [4.69, 9.17) is 14.9 Å². The van der Waals surface area contributed by atoms with Crippen molar-refractivity contribution in [3.8, 4) is 5.75 Å². The zero-order chi connectivity index (χ0) is 13.9. The van der Waals surface area contributed by atoms with Crippen molar-refractivity contribution >= 4 is 16.8 Å². The fourth-order valence-corrected chi connectivity index (χ4v) is 2.05. The number of nitrogen functional groups attached to an aromatic ring is 1. The van der Waals surface area contributed by atoms with Gasteiger partial charge in [-0.05, 0) is 36.2 Å². The summed E-state index contributed by atoms with van der Waals surface area (Å²) >= 11 is 0. The molecule has 0 aliphatic heterocycles. The summed E-state index contributed by atoms with van der Waals surface area (Å²) in [5.41, 5.74) is 9.28. The molecule has 0 saturated carbocycles. The van der Waals surface area contributed by atoms with E-state index in [0.29, 0.717) is 23.9 Å². The van der Waals surface area contributed by atoms with Crippen LogP contribution in [0.25, 0.3) is 11.1 Å². The number of hydrogen-bond acceptors (Lipinski definition) is 4. The minimum absolute atomic E-state index is 0.291. The van der Waals surface area contributed by atoms with Crippen LogP contribution in [0.1, 0.15) is 18.4 Å². The average molecular weight is 268 g/mol. The molecule has 0 aliphatic carbocycles. The number of nitrogens with two attached hydrogens (primary N) is 1. The van der Waals surface area contributed by atoms with Crippen molar-refractivity contribution in [2.45, 2.75) is 20.0 Å². The van der Waals surface area contributed by atoms with Gasteiger partial charge >= 0.3 is 0 Å². The molecule has 0 radical (unpaired) electrons. The summed E-state index contributed by atoms with van der Waals surface area (Å²) in [4.78, 5) is 4.44. The Balaban J connectivity index is 1.77. The SMILES string of the molecule is CCc1ccc2oc(COc3cccc(N)c3)nc2c1. The highest BCUT2D eigenvalue weighted by Gasteiger charge is 2.07. The van der Waals surface area contributed by atoms with E-state index in [9.17, 15) is 0 Å². The lowest BCUT2D eigenvalue weighted by Crippen LogP contribution is -1.96. The Morgan fingerprint density at radius 3 is 2.90 bits per heavy atom. The summed E-state index contributed by atoms with van der Waals surface area (Å²) in [6.45, 7) is 2.41. The van der Waals surface area contributed by atoms with E-state index in [1.165, 1.54) is 5.56 Å². The van der Waals surface area contributed by atoms with Gasteiger partial charge in [0.2, 0.25) is 5.89 Å². The van der Waals surface area contributed by atoms with Crippen LogP contribution < -0.4 is 10.5 Å². The lowest BCUT2D eigenvalue weighted by atomic mass is 10.1. The first-order valence-corrected chi connectivity index (χ1v) is 6.61. The van der Waals surface area contributed by atoms with Gasteiger partial charge in [0.25, 0.3) is 0 Å². The maximum absolute atomic E-state index is 5.70. The zero-order valence-corrected chi connectivity index (χ0v) is 11.3. The van der Waals surface area contributed by atoms with Crippen LogP contribution in [-0.4, -0.2) is 4.98 Å². The van der Waals surface area contributed by atoms with Gasteiger partial charge < -0.3 is 14.9 Å². The molecule has 2 aromatic carbocycles. The highest BCUT2D eigenvalue weighted by Crippen LogP contribution is 2.20. The Morgan fingerprint density at radius 2 is 2.10 bits per heavy atom. The molecule has 1 heterocycles. The minimum atomic E-state index is 0.291. The van der Waals surface area contributed by atoms with Gasteiger partial charge in [-0.15, -0.1) is 0 Å². The summed E-state index contributed by atoms with van der Waals surface area (Å²) in [6.07, 6.45) is 0.984. The molecular weight excluding hydrogens is 252 g/mol. The molecule has 0 aliphatic rings. The first-order valence-electron chi connectivity index (χ1n) is 6.61. The van der Waals surface area contributed by atoms with E-state index in [-0.39, 0.29) is 0 Å². The Morgan fingerprint density at radius 1 is 1.20 bits per heavy atom. The van der Waals surface area contributed by atoms with Crippen molar-refractivity contribution < 1.29 is 9.15 Å². The largest absolute Gasteiger partial charge is 0.484 e. The molecule has 1 aromatic heterocycles. The number of hydrogen-bond donors (Lipinski definition) is 1. The molecule has 0 amide bonds. The van der Waals surface area contributed by atoms with Gasteiger partial charge in [-0.25, -0.2) is 4.98 Å². The first kappa shape index (κ1) is 12.5. The smallest absolute Gasteiger partial charge is 0.233 e. The number of aryl methyl sites for hydroxylation is 1. The van der Waals surface area contributed by atoms with Gasteiger partial charge in [0.1, 0.15) is 11.3 Å². The van der Waals surface area contributed by atoms with E-state index < -0.39 is 0 Å². The normalized spacial score (nSPS) is 10.8.